The Kier molecular flexibility index (Phi) is 5.67. The number of aliphatic imine (C=N–C) groups is 1. The number of hydrogen-bond acceptors (Lipinski definition) is 3. The van der Waals surface area contributed by atoms with Crippen molar-refractivity contribution in [2.24, 2.45) is 4.99 Å². The van der Waals surface area contributed by atoms with E-state index in [-0.39, 0.29) is 18.4 Å². The highest BCUT2D eigenvalue weighted by Gasteiger charge is 2.30. The molecule has 2 amide bonds. The number of amides is 2. The number of nitrogens with one attached hydrogen (secondary N) is 1. The van der Waals surface area contributed by atoms with Gasteiger partial charge in [-0.3, -0.25) is 14.6 Å². The SMILES string of the molecule is Cc1cccc(NC(=O)CN2C(=O)[C@@H](C)N=C(c3ccccc3)c3ccccc32)c1C. The summed E-state index contributed by atoms with van der Waals surface area (Å²) in [5, 5.41) is 2.96. The number of nitrogens with zero attached hydrogens (tertiary/aromatic N) is 2. The standard InChI is InChI=1S/C26H25N3O2/c1-17-10-9-14-22(18(17)2)28-24(30)16-29-23-15-8-7-13-21(23)25(27-19(3)26(29)31)20-11-5-4-6-12-20/h4-15,19H,16H2,1-3H3,(H,28,30)/t19-/m1/s1. The maximum atomic E-state index is 13.2. The summed E-state index contributed by atoms with van der Waals surface area (Å²) in [6, 6.07) is 22.6. The molecule has 1 aliphatic heterocycles. The van der Waals surface area contributed by atoms with Crippen LogP contribution >= 0.6 is 0 Å². The summed E-state index contributed by atoms with van der Waals surface area (Å²) in [7, 11) is 0. The van der Waals surface area contributed by atoms with Gasteiger partial charge < -0.3 is 10.2 Å². The van der Waals surface area contributed by atoms with Crippen LogP contribution < -0.4 is 10.2 Å². The van der Waals surface area contributed by atoms with Gasteiger partial charge in [0.1, 0.15) is 12.6 Å². The third-order valence-electron chi connectivity index (χ3n) is 5.62. The molecule has 3 aromatic carbocycles. The van der Waals surface area contributed by atoms with Crippen LogP contribution in [0.5, 0.6) is 0 Å². The Balaban J connectivity index is 1.68. The summed E-state index contributed by atoms with van der Waals surface area (Å²) in [5.74, 6) is -0.443. The minimum Gasteiger partial charge on any atom is -0.324 e. The van der Waals surface area contributed by atoms with Crippen molar-refractivity contribution in [3.63, 3.8) is 0 Å². The molecule has 3 aromatic rings. The van der Waals surface area contributed by atoms with Gasteiger partial charge in [-0.25, -0.2) is 0 Å². The molecule has 156 valence electrons. The number of fused-ring (bicyclic) bond motifs is 1. The zero-order valence-electron chi connectivity index (χ0n) is 17.9. The third kappa shape index (κ3) is 4.12. The largest absolute Gasteiger partial charge is 0.324 e. The van der Waals surface area contributed by atoms with Crippen LogP contribution in [0.4, 0.5) is 11.4 Å². The molecule has 0 unspecified atom stereocenters. The number of rotatable bonds is 4. The van der Waals surface area contributed by atoms with Gasteiger partial charge in [-0.05, 0) is 44.0 Å². The van der Waals surface area contributed by atoms with Crippen LogP contribution in [0, 0.1) is 13.8 Å². The molecule has 1 heterocycles. The second kappa shape index (κ2) is 8.56. The van der Waals surface area contributed by atoms with Crippen molar-refractivity contribution >= 4 is 28.9 Å². The number of aryl methyl sites for hydroxylation is 1. The highest BCUT2D eigenvalue weighted by molar-refractivity contribution is 6.20. The van der Waals surface area contributed by atoms with Gasteiger partial charge in [-0.2, -0.15) is 0 Å². The molecule has 5 heteroatoms. The van der Waals surface area contributed by atoms with Crippen molar-refractivity contribution in [2.45, 2.75) is 26.8 Å². The van der Waals surface area contributed by atoms with E-state index in [0.717, 1.165) is 33.7 Å². The summed E-state index contributed by atoms with van der Waals surface area (Å²) < 4.78 is 0. The predicted molar refractivity (Wildman–Crippen MR) is 125 cm³/mol. The van der Waals surface area contributed by atoms with Crippen molar-refractivity contribution in [3.05, 3.63) is 95.1 Å². The Hall–Kier alpha value is -3.73. The fourth-order valence-corrected chi connectivity index (χ4v) is 3.78. The fraction of sp³-hybridized carbons (Fsp3) is 0.192. The molecular formula is C26H25N3O2. The number of para-hydroxylation sites is 1. The van der Waals surface area contributed by atoms with Gasteiger partial charge in [0.05, 0.1) is 11.4 Å². The topological polar surface area (TPSA) is 61.8 Å². The molecule has 0 spiro atoms. The van der Waals surface area contributed by atoms with E-state index < -0.39 is 6.04 Å². The lowest BCUT2D eigenvalue weighted by atomic mass is 10.0. The molecule has 0 fully saturated rings. The van der Waals surface area contributed by atoms with Gasteiger partial charge in [-0.15, -0.1) is 0 Å². The monoisotopic (exact) mass is 411 g/mol. The molecule has 4 rings (SSSR count). The average molecular weight is 412 g/mol. The first kappa shape index (κ1) is 20.5. The second-order valence-corrected chi connectivity index (χ2v) is 7.76. The average Bonchev–Trinajstić information content (AvgIpc) is 2.88. The quantitative estimate of drug-likeness (QED) is 0.686. The van der Waals surface area contributed by atoms with Gasteiger partial charge in [-0.1, -0.05) is 60.7 Å². The molecule has 0 radical (unpaired) electrons. The molecule has 0 saturated heterocycles. The molecule has 1 aliphatic rings. The Bertz CT molecular complexity index is 1170. The second-order valence-electron chi connectivity index (χ2n) is 7.76. The summed E-state index contributed by atoms with van der Waals surface area (Å²) in [6.45, 7) is 5.67. The molecule has 1 atom stereocenters. The highest BCUT2D eigenvalue weighted by atomic mass is 16.2. The molecule has 0 aliphatic carbocycles. The molecule has 1 N–H and O–H groups in total. The van der Waals surface area contributed by atoms with Crippen molar-refractivity contribution in [1.29, 1.82) is 0 Å². The van der Waals surface area contributed by atoms with Crippen LogP contribution in [0.1, 0.15) is 29.2 Å². The highest BCUT2D eigenvalue weighted by Crippen LogP contribution is 2.28. The summed E-state index contributed by atoms with van der Waals surface area (Å²) in [4.78, 5) is 32.4. The van der Waals surface area contributed by atoms with Gasteiger partial charge in [0.2, 0.25) is 5.91 Å². The third-order valence-corrected chi connectivity index (χ3v) is 5.62. The number of benzene rings is 3. The van der Waals surface area contributed by atoms with Crippen LogP contribution in [-0.4, -0.2) is 30.1 Å². The Morgan fingerprint density at radius 1 is 0.968 bits per heavy atom. The number of carbonyl (C=O) groups excluding carboxylic acids is 2. The van der Waals surface area contributed by atoms with Crippen molar-refractivity contribution in [3.8, 4) is 0 Å². The number of anilines is 2. The minimum atomic E-state index is -0.601. The smallest absolute Gasteiger partial charge is 0.252 e. The van der Waals surface area contributed by atoms with E-state index in [1.54, 1.807) is 11.8 Å². The number of hydrogen-bond donors (Lipinski definition) is 1. The van der Waals surface area contributed by atoms with E-state index in [2.05, 4.69) is 5.32 Å². The first-order chi connectivity index (χ1) is 15.0. The molecule has 5 nitrogen and oxygen atoms in total. The molecule has 0 saturated carbocycles. The van der Waals surface area contributed by atoms with Gasteiger partial charge in [0.15, 0.2) is 0 Å². The van der Waals surface area contributed by atoms with Gasteiger partial charge >= 0.3 is 0 Å². The van der Waals surface area contributed by atoms with E-state index in [4.69, 9.17) is 4.99 Å². The van der Waals surface area contributed by atoms with Crippen molar-refractivity contribution in [2.75, 3.05) is 16.8 Å². The van der Waals surface area contributed by atoms with Crippen LogP contribution in [0.3, 0.4) is 0 Å². The normalized spacial score (nSPS) is 15.7. The summed E-state index contributed by atoms with van der Waals surface area (Å²) >= 11 is 0. The Morgan fingerprint density at radius 3 is 2.45 bits per heavy atom. The summed E-state index contributed by atoms with van der Waals surface area (Å²) in [6.07, 6.45) is 0. The van der Waals surface area contributed by atoms with E-state index in [1.165, 1.54) is 0 Å². The first-order valence-electron chi connectivity index (χ1n) is 10.4. The van der Waals surface area contributed by atoms with E-state index in [9.17, 15) is 9.59 Å². The number of carbonyl (C=O) groups is 2. The number of benzodiazepines with no additional fused rings is 1. The van der Waals surface area contributed by atoms with Gasteiger partial charge in [0.25, 0.3) is 5.91 Å². The Labute approximate surface area is 182 Å². The zero-order chi connectivity index (χ0) is 22.0. The molecule has 0 bridgehead atoms. The lowest BCUT2D eigenvalue weighted by Crippen LogP contribution is -2.42. The van der Waals surface area contributed by atoms with E-state index in [0.29, 0.717) is 5.69 Å². The maximum Gasteiger partial charge on any atom is 0.252 e. The lowest BCUT2D eigenvalue weighted by molar-refractivity contribution is -0.122. The van der Waals surface area contributed by atoms with Crippen LogP contribution in [0.2, 0.25) is 0 Å². The van der Waals surface area contributed by atoms with Crippen LogP contribution in [0.15, 0.2) is 77.8 Å². The van der Waals surface area contributed by atoms with Crippen molar-refractivity contribution in [1.82, 2.24) is 0 Å². The van der Waals surface area contributed by atoms with E-state index >= 15 is 0 Å². The van der Waals surface area contributed by atoms with Gasteiger partial charge in [0, 0.05) is 16.8 Å². The maximum absolute atomic E-state index is 13.2. The molecular weight excluding hydrogens is 386 g/mol. The lowest BCUT2D eigenvalue weighted by Gasteiger charge is -2.24. The van der Waals surface area contributed by atoms with Crippen molar-refractivity contribution < 1.29 is 9.59 Å². The molecule has 0 aromatic heterocycles. The fourth-order valence-electron chi connectivity index (χ4n) is 3.78. The summed E-state index contributed by atoms with van der Waals surface area (Å²) in [5.41, 5.74) is 6.10. The molecule has 31 heavy (non-hydrogen) atoms. The van der Waals surface area contributed by atoms with Crippen LogP contribution in [-0.2, 0) is 9.59 Å². The van der Waals surface area contributed by atoms with E-state index in [1.807, 2.05) is 86.6 Å². The zero-order valence-corrected chi connectivity index (χ0v) is 17.9. The predicted octanol–water partition coefficient (Wildman–Crippen LogP) is 4.51. The first-order valence-corrected chi connectivity index (χ1v) is 10.4. The Morgan fingerprint density at radius 2 is 1.68 bits per heavy atom. The minimum absolute atomic E-state index is 0.0782. The van der Waals surface area contributed by atoms with Crippen LogP contribution in [0.25, 0.3) is 0 Å².